The maximum atomic E-state index is 12.0. The molecule has 0 N–H and O–H groups in total. The third-order valence-corrected chi connectivity index (χ3v) is 2.39. The summed E-state index contributed by atoms with van der Waals surface area (Å²) in [5, 5.41) is 0. The second-order valence-corrected chi connectivity index (χ2v) is 6.39. The lowest BCUT2D eigenvalue weighted by atomic mass is 10.1. The van der Waals surface area contributed by atoms with E-state index in [0.29, 0.717) is 19.1 Å². The Labute approximate surface area is 128 Å². The normalized spacial score (nSPS) is 12.3. The van der Waals surface area contributed by atoms with E-state index in [1.807, 2.05) is 40.7 Å². The van der Waals surface area contributed by atoms with Gasteiger partial charge < -0.3 is 14.4 Å². The van der Waals surface area contributed by atoms with Crippen LogP contribution in [0.25, 0.3) is 0 Å². The van der Waals surface area contributed by atoms with E-state index >= 15 is 0 Å². The number of rotatable bonds is 6. The smallest absolute Gasteiger partial charge is 0.410 e. The topological polar surface area (TPSA) is 55.8 Å². The number of ether oxygens (including phenoxy) is 2. The molecule has 0 rings (SSSR count). The SMILES string of the molecule is CCOC(=O)C/C(=C/C(C)C)CN(C)C(=O)OC(C)(C)C. The molecule has 0 saturated carbocycles. The third-order valence-electron chi connectivity index (χ3n) is 2.39. The molecule has 0 radical (unpaired) electrons. The Balaban J connectivity index is 4.74. The van der Waals surface area contributed by atoms with Crippen LogP contribution in [-0.2, 0) is 14.3 Å². The second kappa shape index (κ2) is 8.70. The highest BCUT2D eigenvalue weighted by molar-refractivity contribution is 5.73. The van der Waals surface area contributed by atoms with Crippen molar-refractivity contribution in [2.24, 2.45) is 5.92 Å². The van der Waals surface area contributed by atoms with E-state index in [9.17, 15) is 9.59 Å². The molecule has 0 aromatic carbocycles. The highest BCUT2D eigenvalue weighted by atomic mass is 16.6. The van der Waals surface area contributed by atoms with E-state index in [4.69, 9.17) is 9.47 Å². The van der Waals surface area contributed by atoms with Crippen LogP contribution in [-0.4, -0.2) is 42.8 Å². The second-order valence-electron chi connectivity index (χ2n) is 6.39. The summed E-state index contributed by atoms with van der Waals surface area (Å²) in [5.41, 5.74) is 0.325. The van der Waals surface area contributed by atoms with Gasteiger partial charge in [0.15, 0.2) is 0 Å². The van der Waals surface area contributed by atoms with Crippen molar-refractivity contribution in [1.29, 1.82) is 0 Å². The summed E-state index contributed by atoms with van der Waals surface area (Å²) in [7, 11) is 1.66. The van der Waals surface area contributed by atoms with E-state index in [2.05, 4.69) is 0 Å². The molecule has 0 saturated heterocycles. The molecule has 0 aromatic heterocycles. The van der Waals surface area contributed by atoms with Gasteiger partial charge in [-0.15, -0.1) is 0 Å². The molecule has 5 nitrogen and oxygen atoms in total. The number of hydrogen-bond donors (Lipinski definition) is 0. The predicted molar refractivity (Wildman–Crippen MR) is 83.0 cm³/mol. The van der Waals surface area contributed by atoms with Gasteiger partial charge in [-0.2, -0.15) is 0 Å². The molecule has 0 heterocycles. The van der Waals surface area contributed by atoms with Crippen molar-refractivity contribution < 1.29 is 19.1 Å². The van der Waals surface area contributed by atoms with Crippen LogP contribution in [0.4, 0.5) is 4.79 Å². The number of esters is 1. The molecule has 0 unspecified atom stereocenters. The van der Waals surface area contributed by atoms with Gasteiger partial charge in [0.2, 0.25) is 0 Å². The summed E-state index contributed by atoms with van der Waals surface area (Å²) in [4.78, 5) is 25.0. The minimum absolute atomic E-state index is 0.194. The Morgan fingerprint density at radius 3 is 2.24 bits per heavy atom. The first-order chi connectivity index (χ1) is 9.55. The molecular weight excluding hydrogens is 270 g/mol. The van der Waals surface area contributed by atoms with E-state index in [-0.39, 0.29) is 12.4 Å². The molecule has 5 heteroatoms. The highest BCUT2D eigenvalue weighted by Gasteiger charge is 2.21. The van der Waals surface area contributed by atoms with E-state index < -0.39 is 11.7 Å². The highest BCUT2D eigenvalue weighted by Crippen LogP contribution is 2.13. The number of carbonyl (C=O) groups excluding carboxylic acids is 2. The lowest BCUT2D eigenvalue weighted by Gasteiger charge is -2.25. The summed E-state index contributed by atoms with van der Waals surface area (Å²) in [6, 6.07) is 0. The quantitative estimate of drug-likeness (QED) is 0.557. The molecule has 0 atom stereocenters. The molecule has 0 fully saturated rings. The van der Waals surface area contributed by atoms with Gasteiger partial charge in [-0.1, -0.05) is 19.9 Å². The Morgan fingerprint density at radius 2 is 1.81 bits per heavy atom. The van der Waals surface area contributed by atoms with Gasteiger partial charge in [0.05, 0.1) is 13.0 Å². The number of allylic oxidation sites excluding steroid dienone is 1. The van der Waals surface area contributed by atoms with Crippen molar-refractivity contribution in [3.8, 4) is 0 Å². The first-order valence-electron chi connectivity index (χ1n) is 7.34. The monoisotopic (exact) mass is 299 g/mol. The van der Waals surface area contributed by atoms with Gasteiger partial charge in [0, 0.05) is 13.6 Å². The lowest BCUT2D eigenvalue weighted by molar-refractivity contribution is -0.142. The van der Waals surface area contributed by atoms with Crippen LogP contribution < -0.4 is 0 Å². The average Bonchev–Trinajstić information content (AvgIpc) is 2.25. The van der Waals surface area contributed by atoms with E-state index in [0.717, 1.165) is 5.57 Å². The number of amides is 1. The molecular formula is C16H29NO4. The van der Waals surface area contributed by atoms with Crippen LogP contribution >= 0.6 is 0 Å². The summed E-state index contributed by atoms with van der Waals surface area (Å²) in [6.45, 7) is 12.0. The largest absolute Gasteiger partial charge is 0.466 e. The van der Waals surface area contributed by atoms with Crippen molar-refractivity contribution in [3.63, 3.8) is 0 Å². The van der Waals surface area contributed by atoms with Crippen molar-refractivity contribution in [1.82, 2.24) is 4.90 Å². The zero-order valence-electron chi connectivity index (χ0n) is 14.4. The van der Waals surface area contributed by atoms with Crippen LogP contribution in [0.3, 0.4) is 0 Å². The third kappa shape index (κ3) is 9.93. The predicted octanol–water partition coefficient (Wildman–Crippen LogP) is 3.39. The van der Waals surface area contributed by atoms with Gasteiger partial charge in [-0.25, -0.2) is 4.79 Å². The average molecular weight is 299 g/mol. The molecule has 0 aromatic rings. The zero-order valence-corrected chi connectivity index (χ0v) is 14.4. The van der Waals surface area contributed by atoms with Crippen molar-refractivity contribution >= 4 is 12.1 Å². The Morgan fingerprint density at radius 1 is 1.24 bits per heavy atom. The number of carbonyl (C=O) groups is 2. The minimum Gasteiger partial charge on any atom is -0.466 e. The van der Waals surface area contributed by atoms with Crippen LogP contribution in [0, 0.1) is 5.92 Å². The zero-order chi connectivity index (χ0) is 16.6. The molecule has 21 heavy (non-hydrogen) atoms. The van der Waals surface area contributed by atoms with Crippen molar-refractivity contribution in [3.05, 3.63) is 11.6 Å². The standard InChI is InChI=1S/C16H29NO4/c1-8-20-14(18)10-13(9-12(2)3)11-17(7)15(19)21-16(4,5)6/h9,12H,8,10-11H2,1-7H3/b13-9-. The maximum absolute atomic E-state index is 12.0. The van der Waals surface area contributed by atoms with Crippen LogP contribution in [0.1, 0.15) is 48.0 Å². The van der Waals surface area contributed by atoms with Gasteiger partial charge in [0.25, 0.3) is 0 Å². The lowest BCUT2D eigenvalue weighted by Crippen LogP contribution is -2.35. The van der Waals surface area contributed by atoms with Crippen molar-refractivity contribution in [2.75, 3.05) is 20.2 Å². The molecule has 0 bridgehead atoms. The van der Waals surface area contributed by atoms with Crippen LogP contribution in [0.2, 0.25) is 0 Å². The van der Waals surface area contributed by atoms with E-state index in [1.54, 1.807) is 14.0 Å². The van der Waals surface area contributed by atoms with Crippen LogP contribution in [0.5, 0.6) is 0 Å². The summed E-state index contributed by atoms with van der Waals surface area (Å²) in [5.74, 6) is 0.0171. The number of likely N-dealkylation sites (N-methyl/N-ethyl adjacent to an activating group) is 1. The molecule has 122 valence electrons. The molecule has 1 amide bonds. The minimum atomic E-state index is -0.533. The summed E-state index contributed by atoms with van der Waals surface area (Å²) in [6.07, 6.45) is 1.78. The van der Waals surface area contributed by atoms with Gasteiger partial charge >= 0.3 is 12.1 Å². The molecule has 0 spiro atoms. The Bertz CT molecular complexity index is 380. The summed E-state index contributed by atoms with van der Waals surface area (Å²) >= 11 is 0. The first-order valence-corrected chi connectivity index (χ1v) is 7.34. The Kier molecular flexibility index (Phi) is 8.07. The number of nitrogens with zero attached hydrogens (tertiary/aromatic N) is 1. The Hall–Kier alpha value is -1.52. The first kappa shape index (κ1) is 19.5. The van der Waals surface area contributed by atoms with Gasteiger partial charge in [0.1, 0.15) is 5.60 Å². The fourth-order valence-electron chi connectivity index (χ4n) is 1.75. The molecule has 0 aliphatic carbocycles. The molecule has 0 aliphatic rings. The maximum Gasteiger partial charge on any atom is 0.410 e. The van der Waals surface area contributed by atoms with E-state index in [1.165, 1.54) is 4.90 Å². The van der Waals surface area contributed by atoms with Gasteiger partial charge in [-0.3, -0.25) is 4.79 Å². The number of hydrogen-bond acceptors (Lipinski definition) is 4. The molecule has 0 aliphatic heterocycles. The fourth-order valence-corrected chi connectivity index (χ4v) is 1.75. The summed E-state index contributed by atoms with van der Waals surface area (Å²) < 4.78 is 10.3. The van der Waals surface area contributed by atoms with Crippen molar-refractivity contribution in [2.45, 2.75) is 53.6 Å². The fraction of sp³-hybridized carbons (Fsp3) is 0.750. The van der Waals surface area contributed by atoms with Gasteiger partial charge in [-0.05, 0) is 39.2 Å². The van der Waals surface area contributed by atoms with Crippen LogP contribution in [0.15, 0.2) is 11.6 Å².